The number of hydrogen-bond acceptors (Lipinski definition) is 16. The molecule has 4 aliphatic carbocycles. The molecule has 20 nitrogen and oxygen atoms in total. The Balaban J connectivity index is -0.000000473. The van der Waals surface area contributed by atoms with E-state index in [1.807, 2.05) is 47.6 Å². The smallest absolute Gasteiger partial charge is 0.166 e. The molecule has 4 amide bonds. The molecule has 19 atom stereocenters. The number of ketones is 1. The van der Waals surface area contributed by atoms with Gasteiger partial charge < -0.3 is 60.9 Å². The van der Waals surface area contributed by atoms with E-state index in [0.717, 1.165) is 12.8 Å². The molecule has 0 aromatic rings. The number of aliphatic hydroxyl groups is 4. The van der Waals surface area contributed by atoms with Crippen LogP contribution in [0.2, 0.25) is 0 Å². The molecule has 4 unspecified atom stereocenters. The van der Waals surface area contributed by atoms with E-state index in [0.29, 0.717) is 44.8 Å². The molecule has 8 rings (SSSR count). The Kier molecular flexibility index (Phi) is 40.9. The van der Waals surface area contributed by atoms with Crippen LogP contribution in [0.15, 0.2) is 12.2 Å². The van der Waals surface area contributed by atoms with Gasteiger partial charge in [-0.15, -0.1) is 0 Å². The minimum Gasteiger partial charge on any atom is -0.646 e. The van der Waals surface area contributed by atoms with Crippen molar-refractivity contribution >= 4 is 29.4 Å². The molecule has 3 saturated carbocycles. The number of nitrogens with zero attached hydrogens (tertiary/aromatic N) is 4. The van der Waals surface area contributed by atoms with E-state index < -0.39 is 52.2 Å². The standard InChI is InChI=1S/C17H31NO8.C13H23NO2.C11H17NO2.C10H15NO4.4W.4Y/c1-6-8-20-24-23-16(5)10-14(22-26-25-21-9-7-2)17(11-15(19)18-17)13(4)12(16)3;1-7-8(2)13(6-10(15)14-13)11(16)9(3)12(7,4)5;1-7-8(2)11(6-9(13)12-11)5-4-10(7,3)14;1-4-5(2)10(3-6(12)11-10)9(15)8(14)7(4)13;;;;;;;;/h12-14H,6-11H2,1-5H3,(H,18,19);7-9,11,16H,6H2,1-5H3,(H,14,15);4-5,7-8,14H,6H2,1-3H3,(H,12,13);4-5,8-9,14-15H,3H2,1-2H3,(H,11,12);;;;;;;;/p-4/t12-,13+,14+,16+,17?;7-,8+,9-,11+,13?;7-,8+,10+,11?;4-,5+,8-,9-,10?;;;;;;;;/m0000......../s1. The molecule has 0 aromatic carbocycles. The fraction of sp³-hybridized carbons (Fsp3) is 0.863. The zero-order valence-corrected chi connectivity index (χ0v) is 71.5. The maximum atomic E-state index is 11.6. The minimum atomic E-state index is -1.41. The van der Waals surface area contributed by atoms with E-state index in [1.165, 1.54) is 0 Å². The quantitative estimate of drug-likeness (QED) is 0.0538. The van der Waals surface area contributed by atoms with Crippen molar-refractivity contribution in [3.05, 3.63) is 33.4 Å². The first-order chi connectivity index (χ1) is 32.9. The SMILES string of the molecule is CCCOOOO[C@@H]1C[C@@](C)(OOOCCC)[C@@H](C)[C@@H](C)C12CC(=O)[N-]2.C[C@@H]1C(=O)[C@H](O)[C@H](O)C2(CC(=O)[N-]2)[C@@H]1C.C[C@@H]1[C@H](C)C(C)(C)[C@@H](C)[C@@H](O)C12CC(=O)[N-]2.C[C@@H]1[C@H](C)[C@](C)(O)C=CC12CC(=O)[N-]2.[W].[W].[W].[W].[Y].[Y].[Y].[Y]. The Labute approximate surface area is 626 Å². The van der Waals surface area contributed by atoms with Crippen LogP contribution in [0, 0.1) is 58.7 Å². The summed E-state index contributed by atoms with van der Waals surface area (Å²) in [7, 11) is 0. The van der Waals surface area contributed by atoms with Crippen LogP contribution < -0.4 is 0 Å². The van der Waals surface area contributed by atoms with Gasteiger partial charge in [0.25, 0.3) is 0 Å². The predicted molar refractivity (Wildman–Crippen MR) is 257 cm³/mol. The third kappa shape index (κ3) is 18.6. The molecule has 4 radical (unpaired) electrons. The largest absolute Gasteiger partial charge is 0.646 e. The Hall–Kier alpha value is 4.02. The third-order valence-corrected chi connectivity index (χ3v) is 18.9. The van der Waals surface area contributed by atoms with Gasteiger partial charge in [-0.25, -0.2) is 14.7 Å². The summed E-state index contributed by atoms with van der Waals surface area (Å²) >= 11 is 0. The Morgan fingerprint density at radius 2 is 0.937 bits per heavy atom. The van der Waals surface area contributed by atoms with Gasteiger partial charge in [-0.05, 0) is 115 Å². The summed E-state index contributed by atoms with van der Waals surface area (Å²) in [6.07, 6.45) is 3.32. The van der Waals surface area contributed by atoms with Gasteiger partial charge in [-0.1, -0.05) is 129 Å². The van der Waals surface area contributed by atoms with Crippen molar-refractivity contribution in [3.8, 4) is 0 Å². The minimum absolute atomic E-state index is 0. The number of Topliss-reactive ketones (excluding diaryl/α,β-unsaturated/α-hetero) is 1. The van der Waals surface area contributed by atoms with E-state index in [4.69, 9.17) is 29.6 Å². The van der Waals surface area contributed by atoms with E-state index in [1.54, 1.807) is 26.8 Å². The first-order valence-corrected chi connectivity index (χ1v) is 25.5. The summed E-state index contributed by atoms with van der Waals surface area (Å²) in [6.45, 7) is 30.8. The van der Waals surface area contributed by atoms with Crippen molar-refractivity contribution in [1.29, 1.82) is 0 Å². The van der Waals surface area contributed by atoms with Gasteiger partial charge in [0, 0.05) is 234 Å². The number of aliphatic hydroxyl groups excluding tert-OH is 3. The summed E-state index contributed by atoms with van der Waals surface area (Å²) in [5.74, 6) is -0.158. The van der Waals surface area contributed by atoms with E-state index >= 15 is 0 Å². The Morgan fingerprint density at radius 3 is 1.38 bits per heavy atom. The topological polar surface area (TPSA) is 287 Å². The molecule has 28 heteroatoms. The van der Waals surface area contributed by atoms with Crippen LogP contribution in [-0.4, -0.2) is 121 Å². The average Bonchev–Trinajstić information content (AvgIpc) is 3.28. The van der Waals surface area contributed by atoms with Crippen molar-refractivity contribution in [2.75, 3.05) is 13.2 Å². The van der Waals surface area contributed by atoms with E-state index in [9.17, 15) is 44.4 Å². The maximum Gasteiger partial charge on any atom is 0.166 e. The molecular formula is C51H82N4O16W4Y4-4. The van der Waals surface area contributed by atoms with Crippen LogP contribution in [0.4, 0.5) is 0 Å². The van der Waals surface area contributed by atoms with Gasteiger partial charge in [0.05, 0.1) is 54.7 Å². The predicted octanol–water partition coefficient (Wildman–Crippen LogP) is 6.89. The number of β-lactam (4-membered cyclic amide) rings is 4. The molecule has 442 valence electrons. The van der Waals surface area contributed by atoms with E-state index in [-0.39, 0.29) is 309 Å². The molecule has 4 heterocycles. The molecule has 79 heavy (non-hydrogen) atoms. The van der Waals surface area contributed by atoms with Crippen LogP contribution in [0.25, 0.3) is 21.3 Å². The van der Waals surface area contributed by atoms with Crippen molar-refractivity contribution in [3.63, 3.8) is 0 Å². The monoisotopic (exact) mass is 2100 g/mol. The van der Waals surface area contributed by atoms with Crippen molar-refractivity contribution in [2.24, 2.45) is 58.7 Å². The molecule has 4 aliphatic heterocycles. The summed E-state index contributed by atoms with van der Waals surface area (Å²) in [6, 6.07) is 0. The molecule has 0 aromatic heterocycles. The van der Waals surface area contributed by atoms with Crippen molar-refractivity contribution in [1.82, 2.24) is 0 Å². The van der Waals surface area contributed by atoms with Crippen molar-refractivity contribution < 1.29 is 294 Å². The van der Waals surface area contributed by atoms with Crippen LogP contribution in [0.1, 0.15) is 149 Å². The van der Waals surface area contributed by atoms with Gasteiger partial charge in [0.2, 0.25) is 0 Å². The second-order valence-electron chi connectivity index (χ2n) is 22.9. The molecule has 0 bridgehead atoms. The second kappa shape index (κ2) is 36.2. The number of rotatable bonds is 11. The van der Waals surface area contributed by atoms with Crippen LogP contribution >= 0.6 is 0 Å². The Morgan fingerprint density at radius 1 is 0.519 bits per heavy atom. The zero-order valence-electron chi connectivity index (χ0n) is 48.4. The Bertz CT molecular complexity index is 1940. The maximum absolute atomic E-state index is 11.6. The first kappa shape index (κ1) is 89.4. The number of carbonyl (C=O) groups is 5. The second-order valence-corrected chi connectivity index (χ2v) is 22.9. The molecule has 8 aliphatic rings. The number of amides is 4. The zero-order chi connectivity index (χ0) is 53.4. The fourth-order valence-corrected chi connectivity index (χ4v) is 12.0. The van der Waals surface area contributed by atoms with Gasteiger partial charge in [-0.2, -0.15) is 4.89 Å². The summed E-state index contributed by atoms with van der Waals surface area (Å²) in [4.78, 5) is 76.9. The fourth-order valence-electron chi connectivity index (χ4n) is 12.0. The normalized spacial score (nSPS) is 41.1. The van der Waals surface area contributed by atoms with Gasteiger partial charge in [-0.3, -0.25) is 4.79 Å². The number of hydrogen-bond donors (Lipinski definition) is 4. The molecular weight excluding hydrogens is 2020 g/mol. The molecule has 4 saturated heterocycles. The molecule has 7 fully saturated rings. The average molecular weight is 2100 g/mol. The van der Waals surface area contributed by atoms with Gasteiger partial charge in [0.15, 0.2) is 5.78 Å². The van der Waals surface area contributed by atoms with Gasteiger partial charge >= 0.3 is 0 Å². The summed E-state index contributed by atoms with van der Waals surface area (Å²) in [5, 5.41) is 70.3. The first-order valence-electron chi connectivity index (χ1n) is 25.5. The molecule has 4 spiro atoms. The van der Waals surface area contributed by atoms with Gasteiger partial charge in [0.1, 0.15) is 11.7 Å². The van der Waals surface area contributed by atoms with E-state index in [2.05, 4.69) is 67.8 Å². The van der Waals surface area contributed by atoms with Crippen molar-refractivity contribution in [2.45, 2.75) is 207 Å². The number of carbonyl (C=O) groups excluding carboxylic acids is 5. The van der Waals surface area contributed by atoms with Crippen LogP contribution in [-0.2, 0) is 274 Å². The summed E-state index contributed by atoms with van der Waals surface area (Å²) in [5.41, 5.74) is -3.77. The third-order valence-electron chi connectivity index (χ3n) is 18.9. The van der Waals surface area contributed by atoms with Crippen LogP contribution in [0.3, 0.4) is 0 Å². The molecule has 4 N–H and O–H groups in total. The van der Waals surface area contributed by atoms with Crippen LogP contribution in [0.5, 0.6) is 0 Å². The summed E-state index contributed by atoms with van der Waals surface area (Å²) < 4.78 is 0.